The van der Waals surface area contributed by atoms with Gasteiger partial charge in [-0.2, -0.15) is 0 Å². The van der Waals surface area contributed by atoms with E-state index in [4.69, 9.17) is 12.2 Å². The minimum absolute atomic E-state index is 0.711. The van der Waals surface area contributed by atoms with Crippen LogP contribution in [0.3, 0.4) is 0 Å². The van der Waals surface area contributed by atoms with Crippen LogP contribution in [0.2, 0.25) is 0 Å². The predicted molar refractivity (Wildman–Crippen MR) is 91.0 cm³/mol. The average molecular weight is 302 g/mol. The Labute approximate surface area is 130 Å². The summed E-state index contributed by atoms with van der Waals surface area (Å²) in [4.78, 5) is 1.29. The van der Waals surface area contributed by atoms with Gasteiger partial charge in [0.2, 0.25) is 0 Å². The van der Waals surface area contributed by atoms with E-state index in [0.717, 1.165) is 18.8 Å². The van der Waals surface area contributed by atoms with Crippen molar-refractivity contribution in [2.75, 3.05) is 12.3 Å². The minimum atomic E-state index is 0.711. The van der Waals surface area contributed by atoms with Crippen LogP contribution < -0.4 is 10.6 Å². The minimum Gasteiger partial charge on any atom is -0.362 e. The lowest BCUT2D eigenvalue weighted by Gasteiger charge is -2.10. The third kappa shape index (κ3) is 5.63. The molecule has 2 nitrogen and oxygen atoms in total. The van der Waals surface area contributed by atoms with Crippen molar-refractivity contribution in [3.05, 3.63) is 66.2 Å². The molecule has 0 bridgehead atoms. The van der Waals surface area contributed by atoms with Crippen molar-refractivity contribution < 1.29 is 0 Å². The van der Waals surface area contributed by atoms with E-state index >= 15 is 0 Å². The molecule has 0 saturated carbocycles. The topological polar surface area (TPSA) is 24.1 Å². The zero-order valence-electron chi connectivity index (χ0n) is 11.2. The molecule has 4 heteroatoms. The predicted octanol–water partition coefficient (Wildman–Crippen LogP) is 3.44. The number of thiocarbonyl (C=S) groups is 1. The van der Waals surface area contributed by atoms with Crippen LogP contribution >= 0.6 is 24.0 Å². The number of nitrogens with one attached hydrogen (secondary N) is 2. The van der Waals surface area contributed by atoms with Crippen molar-refractivity contribution in [1.29, 1.82) is 0 Å². The van der Waals surface area contributed by atoms with Gasteiger partial charge in [0.1, 0.15) is 0 Å². The van der Waals surface area contributed by atoms with Crippen molar-refractivity contribution in [3.63, 3.8) is 0 Å². The Hall–Kier alpha value is -1.52. The van der Waals surface area contributed by atoms with Gasteiger partial charge in [0, 0.05) is 23.7 Å². The van der Waals surface area contributed by atoms with Crippen LogP contribution in [0, 0.1) is 0 Å². The van der Waals surface area contributed by atoms with Gasteiger partial charge in [-0.1, -0.05) is 48.5 Å². The first-order valence-corrected chi connectivity index (χ1v) is 7.97. The Bertz CT molecular complexity index is 515. The van der Waals surface area contributed by atoms with E-state index < -0.39 is 0 Å². The fraction of sp³-hybridized carbons (Fsp3) is 0.188. The maximum atomic E-state index is 5.25. The number of hydrogen-bond donors (Lipinski definition) is 2. The SMILES string of the molecule is S=C(NCCSc1ccccc1)NCc1ccccc1. The van der Waals surface area contributed by atoms with Crippen LogP contribution in [-0.2, 0) is 6.54 Å². The average Bonchev–Trinajstić information content (AvgIpc) is 2.52. The Morgan fingerprint density at radius 1 is 0.900 bits per heavy atom. The van der Waals surface area contributed by atoms with Gasteiger partial charge in [0.05, 0.1) is 0 Å². The maximum absolute atomic E-state index is 5.25. The van der Waals surface area contributed by atoms with Gasteiger partial charge < -0.3 is 10.6 Å². The Morgan fingerprint density at radius 2 is 1.55 bits per heavy atom. The second-order valence-corrected chi connectivity index (χ2v) is 5.83. The van der Waals surface area contributed by atoms with Crippen molar-refractivity contribution in [2.24, 2.45) is 0 Å². The highest BCUT2D eigenvalue weighted by atomic mass is 32.2. The molecule has 0 aromatic heterocycles. The summed E-state index contributed by atoms with van der Waals surface area (Å²) in [6.07, 6.45) is 0. The van der Waals surface area contributed by atoms with E-state index in [2.05, 4.69) is 47.0 Å². The van der Waals surface area contributed by atoms with E-state index in [9.17, 15) is 0 Å². The van der Waals surface area contributed by atoms with Gasteiger partial charge in [-0.05, 0) is 29.9 Å². The van der Waals surface area contributed by atoms with E-state index in [1.54, 1.807) is 0 Å². The quantitative estimate of drug-likeness (QED) is 0.485. The summed E-state index contributed by atoms with van der Waals surface area (Å²) in [6.45, 7) is 1.62. The number of thioether (sulfide) groups is 1. The summed E-state index contributed by atoms with van der Waals surface area (Å²) in [5.74, 6) is 0.997. The van der Waals surface area contributed by atoms with E-state index in [1.165, 1.54) is 10.5 Å². The maximum Gasteiger partial charge on any atom is 0.166 e. The summed E-state index contributed by atoms with van der Waals surface area (Å²) < 4.78 is 0. The second-order valence-electron chi connectivity index (χ2n) is 4.26. The fourth-order valence-corrected chi connectivity index (χ4v) is 2.65. The third-order valence-corrected chi connectivity index (χ3v) is 4.00. The molecule has 0 aliphatic heterocycles. The molecule has 2 rings (SSSR count). The zero-order chi connectivity index (χ0) is 14.0. The molecule has 0 fully saturated rings. The first-order valence-electron chi connectivity index (χ1n) is 6.58. The highest BCUT2D eigenvalue weighted by Gasteiger charge is 1.96. The first-order chi connectivity index (χ1) is 9.84. The Kier molecular flexibility index (Phi) is 6.41. The van der Waals surface area contributed by atoms with Crippen molar-refractivity contribution in [2.45, 2.75) is 11.4 Å². The summed E-state index contributed by atoms with van der Waals surface area (Å²) in [5, 5.41) is 7.14. The highest BCUT2D eigenvalue weighted by Crippen LogP contribution is 2.15. The largest absolute Gasteiger partial charge is 0.362 e. The smallest absolute Gasteiger partial charge is 0.166 e. The van der Waals surface area contributed by atoms with Crippen LogP contribution in [0.15, 0.2) is 65.6 Å². The van der Waals surface area contributed by atoms with Crippen molar-refractivity contribution in [1.82, 2.24) is 10.6 Å². The van der Waals surface area contributed by atoms with Crippen molar-refractivity contribution >= 4 is 29.1 Å². The Morgan fingerprint density at radius 3 is 2.25 bits per heavy atom. The molecule has 0 heterocycles. The zero-order valence-corrected chi connectivity index (χ0v) is 12.8. The lowest BCUT2D eigenvalue weighted by molar-refractivity contribution is 0.858. The van der Waals surface area contributed by atoms with E-state index in [1.807, 2.05) is 36.0 Å². The molecule has 104 valence electrons. The van der Waals surface area contributed by atoms with Gasteiger partial charge in [-0.15, -0.1) is 11.8 Å². The van der Waals surface area contributed by atoms with Gasteiger partial charge in [-0.25, -0.2) is 0 Å². The lowest BCUT2D eigenvalue weighted by Crippen LogP contribution is -2.35. The molecular weight excluding hydrogens is 284 g/mol. The fourth-order valence-electron chi connectivity index (χ4n) is 1.69. The molecule has 20 heavy (non-hydrogen) atoms. The van der Waals surface area contributed by atoms with Crippen LogP contribution in [-0.4, -0.2) is 17.4 Å². The third-order valence-electron chi connectivity index (χ3n) is 2.70. The molecule has 2 aromatic carbocycles. The number of benzene rings is 2. The monoisotopic (exact) mass is 302 g/mol. The molecule has 0 aliphatic rings. The molecule has 0 amide bonds. The second kappa shape index (κ2) is 8.61. The molecule has 0 atom stereocenters. The molecule has 0 radical (unpaired) electrons. The summed E-state index contributed by atoms with van der Waals surface area (Å²) in [7, 11) is 0. The molecule has 2 aromatic rings. The molecule has 0 spiro atoms. The lowest BCUT2D eigenvalue weighted by atomic mass is 10.2. The number of rotatable bonds is 6. The van der Waals surface area contributed by atoms with Gasteiger partial charge in [0.25, 0.3) is 0 Å². The molecule has 2 N–H and O–H groups in total. The van der Waals surface area contributed by atoms with Gasteiger partial charge in [0.15, 0.2) is 5.11 Å². The van der Waals surface area contributed by atoms with E-state index in [0.29, 0.717) is 5.11 Å². The summed E-state index contributed by atoms with van der Waals surface area (Å²) in [5.41, 5.74) is 1.23. The van der Waals surface area contributed by atoms with Gasteiger partial charge in [-0.3, -0.25) is 0 Å². The standard InChI is InChI=1S/C16H18N2S2/c19-16(18-13-14-7-3-1-4-8-14)17-11-12-20-15-9-5-2-6-10-15/h1-10H,11-13H2,(H2,17,18,19). The normalized spacial score (nSPS) is 10.0. The van der Waals surface area contributed by atoms with Gasteiger partial charge >= 0.3 is 0 Å². The van der Waals surface area contributed by atoms with Crippen LogP contribution in [0.4, 0.5) is 0 Å². The molecule has 0 saturated heterocycles. The molecule has 0 unspecified atom stereocenters. The molecular formula is C16H18N2S2. The Balaban J connectivity index is 1.59. The highest BCUT2D eigenvalue weighted by molar-refractivity contribution is 7.99. The molecule has 0 aliphatic carbocycles. The number of hydrogen-bond acceptors (Lipinski definition) is 2. The van der Waals surface area contributed by atoms with Crippen LogP contribution in [0.25, 0.3) is 0 Å². The summed E-state index contributed by atoms with van der Waals surface area (Å²) >= 11 is 7.08. The summed E-state index contributed by atoms with van der Waals surface area (Å²) in [6, 6.07) is 20.6. The first kappa shape index (κ1) is 14.9. The van der Waals surface area contributed by atoms with Crippen molar-refractivity contribution in [3.8, 4) is 0 Å². The van der Waals surface area contributed by atoms with E-state index in [-0.39, 0.29) is 0 Å². The van der Waals surface area contributed by atoms with Crippen LogP contribution in [0.1, 0.15) is 5.56 Å². The van der Waals surface area contributed by atoms with Crippen LogP contribution in [0.5, 0.6) is 0 Å².